The molecule has 0 amide bonds. The Morgan fingerprint density at radius 1 is 1.56 bits per heavy atom. The van der Waals surface area contributed by atoms with Gasteiger partial charge in [-0.05, 0) is 28.1 Å². The fraction of sp³-hybridized carbons (Fsp3) is 0.300. The zero-order valence-corrected chi connectivity index (χ0v) is 12.0. The van der Waals surface area contributed by atoms with Crippen LogP contribution in [-0.2, 0) is 10.0 Å². The zero-order chi connectivity index (χ0) is 13.9. The molecule has 0 aliphatic rings. The number of halogens is 2. The molecule has 8 heteroatoms. The molecule has 1 aromatic carbocycles. The average Bonchev–Trinajstić information content (AvgIpc) is 2.32. The molecule has 98 valence electrons. The molecule has 0 aromatic heterocycles. The lowest BCUT2D eigenvalue weighted by atomic mass is 10.3. The van der Waals surface area contributed by atoms with Gasteiger partial charge >= 0.3 is 0 Å². The molecule has 18 heavy (non-hydrogen) atoms. The fourth-order valence-corrected chi connectivity index (χ4v) is 2.76. The van der Waals surface area contributed by atoms with Crippen LogP contribution >= 0.6 is 15.9 Å². The van der Waals surface area contributed by atoms with Crippen molar-refractivity contribution in [2.75, 3.05) is 20.7 Å². The van der Waals surface area contributed by atoms with Crippen molar-refractivity contribution in [2.45, 2.75) is 4.90 Å². The Hall–Kier alpha value is -1.17. The number of methoxy groups -OCH3 is 1. The van der Waals surface area contributed by atoms with E-state index in [1.807, 2.05) is 0 Å². The first-order valence-corrected chi connectivity index (χ1v) is 6.94. The van der Waals surface area contributed by atoms with Gasteiger partial charge in [-0.2, -0.15) is 9.57 Å². The standard InChI is InChI=1S/C10H10BrFN2O3S/c1-14(4-3-13)18(15,16)10-6-8(12)7(11)5-9(10)17-2/h5-6H,4H2,1-2H3. The molecular weight excluding hydrogens is 327 g/mol. The summed E-state index contributed by atoms with van der Waals surface area (Å²) in [5.74, 6) is -0.715. The third-order valence-corrected chi connectivity index (χ3v) is 4.62. The van der Waals surface area contributed by atoms with E-state index < -0.39 is 15.8 Å². The molecule has 1 rings (SSSR count). The Bertz CT molecular complexity index is 598. The predicted octanol–water partition coefficient (Wildman–Crippen LogP) is 1.74. The minimum absolute atomic E-state index is 0.00747. The Kier molecular flexibility index (Phi) is 4.67. The zero-order valence-electron chi connectivity index (χ0n) is 9.65. The maximum absolute atomic E-state index is 13.4. The van der Waals surface area contributed by atoms with E-state index in [1.54, 1.807) is 6.07 Å². The molecular formula is C10H10BrFN2O3S. The number of hydrogen-bond acceptors (Lipinski definition) is 4. The van der Waals surface area contributed by atoms with Crippen LogP contribution in [0.3, 0.4) is 0 Å². The van der Waals surface area contributed by atoms with Gasteiger partial charge in [0.15, 0.2) is 0 Å². The minimum atomic E-state index is -3.96. The molecule has 5 nitrogen and oxygen atoms in total. The van der Waals surface area contributed by atoms with Crippen molar-refractivity contribution in [2.24, 2.45) is 0 Å². The monoisotopic (exact) mass is 336 g/mol. The van der Waals surface area contributed by atoms with Crippen LogP contribution in [0.25, 0.3) is 0 Å². The van der Waals surface area contributed by atoms with Gasteiger partial charge in [0.2, 0.25) is 10.0 Å². The molecule has 1 aromatic rings. The van der Waals surface area contributed by atoms with Crippen LogP contribution in [0.2, 0.25) is 0 Å². The first kappa shape index (κ1) is 14.9. The van der Waals surface area contributed by atoms with E-state index in [4.69, 9.17) is 10.00 Å². The van der Waals surface area contributed by atoms with Crippen molar-refractivity contribution in [3.63, 3.8) is 0 Å². The number of benzene rings is 1. The van der Waals surface area contributed by atoms with Crippen molar-refractivity contribution in [3.05, 3.63) is 22.4 Å². The van der Waals surface area contributed by atoms with Gasteiger partial charge in [-0.1, -0.05) is 0 Å². The summed E-state index contributed by atoms with van der Waals surface area (Å²) in [5.41, 5.74) is 0. The fourth-order valence-electron chi connectivity index (χ4n) is 1.22. The third kappa shape index (κ3) is 2.80. The molecule has 0 unspecified atom stereocenters. The Balaban J connectivity index is 3.41. The average molecular weight is 337 g/mol. The minimum Gasteiger partial charge on any atom is -0.495 e. The van der Waals surface area contributed by atoms with Crippen LogP contribution in [0.5, 0.6) is 5.75 Å². The van der Waals surface area contributed by atoms with Gasteiger partial charge in [0.25, 0.3) is 0 Å². The van der Waals surface area contributed by atoms with Crippen LogP contribution < -0.4 is 4.74 Å². The second kappa shape index (κ2) is 5.65. The predicted molar refractivity (Wildman–Crippen MR) is 66.1 cm³/mol. The molecule has 0 heterocycles. The SMILES string of the molecule is COc1cc(Br)c(F)cc1S(=O)(=O)N(C)CC#N. The van der Waals surface area contributed by atoms with E-state index >= 15 is 0 Å². The highest BCUT2D eigenvalue weighted by molar-refractivity contribution is 9.10. The van der Waals surface area contributed by atoms with E-state index in [1.165, 1.54) is 20.2 Å². The molecule has 0 aliphatic heterocycles. The second-order valence-corrected chi connectivity index (χ2v) is 6.20. The number of nitriles is 1. The van der Waals surface area contributed by atoms with E-state index in [9.17, 15) is 12.8 Å². The Morgan fingerprint density at radius 3 is 2.67 bits per heavy atom. The van der Waals surface area contributed by atoms with Gasteiger partial charge in [0.05, 0.1) is 17.7 Å². The summed E-state index contributed by atoms with van der Waals surface area (Å²) in [6.45, 7) is -0.330. The van der Waals surface area contributed by atoms with Crippen LogP contribution in [0.4, 0.5) is 4.39 Å². The molecule has 0 N–H and O–H groups in total. The number of sulfonamides is 1. The van der Waals surface area contributed by atoms with Crippen molar-refractivity contribution in [1.82, 2.24) is 4.31 Å². The lowest BCUT2D eigenvalue weighted by Crippen LogP contribution is -2.27. The second-order valence-electron chi connectivity index (χ2n) is 3.34. The molecule has 0 saturated carbocycles. The molecule has 0 spiro atoms. The van der Waals surface area contributed by atoms with Crippen molar-refractivity contribution in [1.29, 1.82) is 5.26 Å². The van der Waals surface area contributed by atoms with Gasteiger partial charge in [-0.25, -0.2) is 12.8 Å². The van der Waals surface area contributed by atoms with E-state index in [2.05, 4.69) is 15.9 Å². The maximum Gasteiger partial charge on any atom is 0.247 e. The van der Waals surface area contributed by atoms with Gasteiger partial charge < -0.3 is 4.74 Å². The summed E-state index contributed by atoms with van der Waals surface area (Å²) in [4.78, 5) is -0.316. The number of hydrogen-bond donors (Lipinski definition) is 0. The van der Waals surface area contributed by atoms with Crippen LogP contribution in [-0.4, -0.2) is 33.4 Å². The van der Waals surface area contributed by atoms with Crippen molar-refractivity contribution >= 4 is 26.0 Å². The van der Waals surface area contributed by atoms with Gasteiger partial charge in [-0.15, -0.1) is 0 Å². The molecule has 0 fully saturated rings. The van der Waals surface area contributed by atoms with Gasteiger partial charge in [0, 0.05) is 7.05 Å². The smallest absolute Gasteiger partial charge is 0.247 e. The summed E-state index contributed by atoms with van der Waals surface area (Å²) >= 11 is 2.94. The lowest BCUT2D eigenvalue weighted by Gasteiger charge is -2.16. The molecule has 0 bridgehead atoms. The normalized spacial score (nSPS) is 11.3. The van der Waals surface area contributed by atoms with Crippen LogP contribution in [0, 0.1) is 17.1 Å². The maximum atomic E-state index is 13.4. The number of ether oxygens (including phenoxy) is 1. The summed E-state index contributed by atoms with van der Waals surface area (Å²) < 4.78 is 43.4. The highest BCUT2D eigenvalue weighted by Crippen LogP contribution is 2.31. The van der Waals surface area contributed by atoms with E-state index in [-0.39, 0.29) is 21.7 Å². The first-order chi connectivity index (χ1) is 8.34. The van der Waals surface area contributed by atoms with Crippen LogP contribution in [0.1, 0.15) is 0 Å². The molecule has 0 radical (unpaired) electrons. The first-order valence-electron chi connectivity index (χ1n) is 4.71. The summed E-state index contributed by atoms with van der Waals surface area (Å²) in [6.07, 6.45) is 0. The van der Waals surface area contributed by atoms with Gasteiger partial charge in [-0.3, -0.25) is 0 Å². The highest BCUT2D eigenvalue weighted by Gasteiger charge is 2.26. The number of nitrogens with zero attached hydrogens (tertiary/aromatic N) is 2. The lowest BCUT2D eigenvalue weighted by molar-refractivity contribution is 0.397. The van der Waals surface area contributed by atoms with E-state index in [0.29, 0.717) is 0 Å². The summed E-state index contributed by atoms with van der Waals surface area (Å²) in [5, 5.41) is 8.50. The Morgan fingerprint density at radius 2 is 2.17 bits per heavy atom. The Labute approximate surface area is 113 Å². The molecule has 0 atom stereocenters. The molecule has 0 saturated heterocycles. The number of rotatable bonds is 4. The highest BCUT2D eigenvalue weighted by atomic mass is 79.9. The van der Waals surface area contributed by atoms with Crippen LogP contribution in [0.15, 0.2) is 21.5 Å². The van der Waals surface area contributed by atoms with Crippen molar-refractivity contribution in [3.8, 4) is 11.8 Å². The third-order valence-electron chi connectivity index (χ3n) is 2.19. The van der Waals surface area contributed by atoms with Gasteiger partial charge in [0.1, 0.15) is 23.0 Å². The largest absolute Gasteiger partial charge is 0.495 e. The quantitative estimate of drug-likeness (QED) is 0.785. The van der Waals surface area contributed by atoms with E-state index in [0.717, 1.165) is 10.4 Å². The van der Waals surface area contributed by atoms with Crippen molar-refractivity contribution < 1.29 is 17.5 Å². The summed E-state index contributed by atoms with van der Waals surface area (Å²) in [6, 6.07) is 3.79. The summed E-state index contributed by atoms with van der Waals surface area (Å²) in [7, 11) is -1.44. The molecule has 0 aliphatic carbocycles. The topological polar surface area (TPSA) is 70.4 Å².